The fraction of sp³-hybridized carbons (Fsp3) is 0.125. The molecular weight excluding hydrogens is 379 g/mol. The Balaban J connectivity index is 1.88. The maximum absolute atomic E-state index is 13.3. The minimum absolute atomic E-state index is 0.0731. The number of nitrogens with one attached hydrogen (secondary N) is 3. The van der Waals surface area contributed by atoms with Crippen LogP contribution in [-0.4, -0.2) is 43.7 Å². The molecule has 0 saturated heterocycles. The summed E-state index contributed by atoms with van der Waals surface area (Å²) in [5, 5.41) is 26.3. The van der Waals surface area contributed by atoms with Gasteiger partial charge in [0.1, 0.15) is 11.6 Å². The van der Waals surface area contributed by atoms with Gasteiger partial charge in [-0.15, -0.1) is 0 Å². The first-order chi connectivity index (χ1) is 13.0. The highest BCUT2D eigenvalue weighted by atomic mass is 35.5. The van der Waals surface area contributed by atoms with E-state index in [1.54, 1.807) is 6.07 Å². The number of H-pyrrole nitrogens is 1. The molecule has 0 unspecified atom stereocenters. The van der Waals surface area contributed by atoms with Crippen LogP contribution >= 0.6 is 11.6 Å². The minimum Gasteiger partial charge on any atom is -0.465 e. The molecule has 0 radical (unpaired) electrons. The minimum atomic E-state index is -1.12. The molecule has 0 atom stereocenters. The molecule has 0 saturated carbocycles. The number of halogens is 2. The maximum Gasteiger partial charge on any atom is 0.404 e. The van der Waals surface area contributed by atoms with Gasteiger partial charge in [-0.3, -0.25) is 0 Å². The lowest BCUT2D eigenvalue weighted by atomic mass is 10.2. The molecule has 0 fully saturated rings. The van der Waals surface area contributed by atoms with Gasteiger partial charge in [-0.05, 0) is 24.3 Å². The first-order valence-corrected chi connectivity index (χ1v) is 8.10. The van der Waals surface area contributed by atoms with Crippen LogP contribution in [0.25, 0.3) is 11.2 Å². The number of benzene rings is 1. The summed E-state index contributed by atoms with van der Waals surface area (Å²) in [7, 11) is 0. The quantitative estimate of drug-likeness (QED) is 0.196. The molecular formula is C16H14ClFN6O3. The molecule has 3 aromatic rings. The number of aromatic nitrogens is 3. The van der Waals surface area contributed by atoms with Crippen LogP contribution in [0.5, 0.6) is 0 Å². The predicted molar refractivity (Wildman–Crippen MR) is 97.0 cm³/mol. The second kappa shape index (κ2) is 7.87. The van der Waals surface area contributed by atoms with E-state index >= 15 is 0 Å². The molecule has 0 aliphatic rings. The second-order valence-corrected chi connectivity index (χ2v) is 5.83. The Hall–Kier alpha value is -3.40. The largest absolute Gasteiger partial charge is 0.465 e. The van der Waals surface area contributed by atoms with Gasteiger partial charge < -0.3 is 25.9 Å². The summed E-state index contributed by atoms with van der Waals surface area (Å²) >= 11 is 5.76. The average Bonchev–Trinajstić information content (AvgIpc) is 3.05. The van der Waals surface area contributed by atoms with Gasteiger partial charge in [-0.1, -0.05) is 16.8 Å². The Kier molecular flexibility index (Phi) is 5.36. The Bertz CT molecular complexity index is 1020. The number of rotatable bonds is 5. The lowest BCUT2D eigenvalue weighted by Crippen LogP contribution is -2.23. The number of aromatic amines is 1. The monoisotopic (exact) mass is 392 g/mol. The zero-order chi connectivity index (χ0) is 19.4. The number of amides is 1. The topological polar surface area (TPSA) is 136 Å². The van der Waals surface area contributed by atoms with E-state index in [9.17, 15) is 14.4 Å². The molecule has 0 bridgehead atoms. The van der Waals surface area contributed by atoms with Crippen LogP contribution in [0.15, 0.2) is 35.6 Å². The van der Waals surface area contributed by atoms with Crippen LogP contribution in [0.3, 0.4) is 0 Å². The van der Waals surface area contributed by atoms with E-state index in [-0.39, 0.29) is 17.4 Å². The van der Waals surface area contributed by atoms with Crippen LogP contribution in [0.2, 0.25) is 5.02 Å². The molecule has 1 aromatic carbocycles. The molecule has 0 spiro atoms. The first-order valence-electron chi connectivity index (χ1n) is 7.73. The van der Waals surface area contributed by atoms with E-state index in [4.69, 9.17) is 16.7 Å². The summed E-state index contributed by atoms with van der Waals surface area (Å²) < 4.78 is 13.3. The number of anilines is 1. The van der Waals surface area contributed by atoms with E-state index in [1.165, 1.54) is 24.4 Å². The Morgan fingerprint density at radius 2 is 2.19 bits per heavy atom. The first kappa shape index (κ1) is 18.4. The average molecular weight is 393 g/mol. The number of carbonyl (C=O) groups is 1. The smallest absolute Gasteiger partial charge is 0.404 e. The number of fused-ring (bicyclic) bond motifs is 1. The van der Waals surface area contributed by atoms with E-state index in [0.29, 0.717) is 34.7 Å². The summed E-state index contributed by atoms with van der Waals surface area (Å²) in [5.74, 6) is 0.0222. The van der Waals surface area contributed by atoms with Crippen LogP contribution in [-0.2, 0) is 6.42 Å². The highest BCUT2D eigenvalue weighted by Gasteiger charge is 2.14. The number of amidine groups is 1. The highest BCUT2D eigenvalue weighted by Crippen LogP contribution is 2.21. The van der Waals surface area contributed by atoms with E-state index in [0.717, 1.165) is 0 Å². The molecule has 2 heterocycles. The van der Waals surface area contributed by atoms with Gasteiger partial charge in [-0.2, -0.15) is 0 Å². The number of hydrogen-bond acceptors (Lipinski definition) is 5. The molecule has 3 rings (SSSR count). The number of pyridine rings is 1. The zero-order valence-electron chi connectivity index (χ0n) is 13.7. The number of nitrogens with zero attached hydrogens (tertiary/aromatic N) is 3. The third kappa shape index (κ3) is 4.23. The fourth-order valence-electron chi connectivity index (χ4n) is 2.42. The van der Waals surface area contributed by atoms with Crippen molar-refractivity contribution < 1.29 is 19.5 Å². The van der Waals surface area contributed by atoms with E-state index < -0.39 is 11.9 Å². The summed E-state index contributed by atoms with van der Waals surface area (Å²) in [6, 6.07) is 5.59. The van der Waals surface area contributed by atoms with Crippen molar-refractivity contribution in [1.82, 2.24) is 20.3 Å². The Morgan fingerprint density at radius 3 is 2.89 bits per heavy atom. The van der Waals surface area contributed by atoms with Gasteiger partial charge in [0.05, 0.1) is 10.5 Å². The molecule has 5 N–H and O–H groups in total. The van der Waals surface area contributed by atoms with Gasteiger partial charge in [0.2, 0.25) is 0 Å². The van der Waals surface area contributed by atoms with Crippen molar-refractivity contribution >= 4 is 40.4 Å². The summed E-state index contributed by atoms with van der Waals surface area (Å²) in [6.07, 6.45) is 0.693. The van der Waals surface area contributed by atoms with Gasteiger partial charge in [0, 0.05) is 30.4 Å². The van der Waals surface area contributed by atoms with Crippen LogP contribution < -0.4 is 10.6 Å². The molecule has 2 aromatic heterocycles. The molecule has 1 amide bonds. The fourth-order valence-corrected chi connectivity index (χ4v) is 2.60. The van der Waals surface area contributed by atoms with Crippen molar-refractivity contribution in [2.45, 2.75) is 6.42 Å². The van der Waals surface area contributed by atoms with Crippen molar-refractivity contribution in [3.8, 4) is 0 Å². The lowest BCUT2D eigenvalue weighted by molar-refractivity contribution is 0.194. The molecule has 0 aliphatic heterocycles. The summed E-state index contributed by atoms with van der Waals surface area (Å²) in [6.45, 7) is 0.178. The normalized spacial score (nSPS) is 11.6. The van der Waals surface area contributed by atoms with Crippen molar-refractivity contribution in [3.05, 3.63) is 52.7 Å². The predicted octanol–water partition coefficient (Wildman–Crippen LogP) is 2.81. The number of carboxylic acid groups (broad SMARTS) is 1. The number of imidazole rings is 1. The zero-order valence-corrected chi connectivity index (χ0v) is 14.5. The van der Waals surface area contributed by atoms with Gasteiger partial charge in [0.15, 0.2) is 11.5 Å². The Labute approximate surface area is 156 Å². The molecule has 11 heteroatoms. The second-order valence-electron chi connectivity index (χ2n) is 5.43. The molecule has 27 heavy (non-hydrogen) atoms. The lowest BCUT2D eigenvalue weighted by Gasteiger charge is -2.09. The molecule has 140 valence electrons. The molecule has 0 aliphatic carbocycles. The third-order valence-electron chi connectivity index (χ3n) is 3.62. The highest BCUT2D eigenvalue weighted by molar-refractivity contribution is 6.31. The van der Waals surface area contributed by atoms with Crippen molar-refractivity contribution in [1.29, 1.82) is 0 Å². The standard InChI is InChI=1S/C16H14ClFN6O3/c17-10-7-8(1-2-11(10)18)21-14(24-27)9-3-5-19-15-13(9)22-12(23-15)4-6-20-16(25)26/h1-3,5,7,20,27H,4,6H2,(H,21,24)(H,25,26)(H,19,22,23). The SMILES string of the molecule is O=C(O)NCCc1nc2nccc(/C(=N\O)Nc3ccc(F)c(Cl)c3)c2[nH]1. The summed E-state index contributed by atoms with van der Waals surface area (Å²) in [5.41, 5.74) is 1.76. The van der Waals surface area contributed by atoms with E-state index in [2.05, 4.69) is 30.7 Å². The number of oxime groups is 1. The van der Waals surface area contributed by atoms with Gasteiger partial charge in [-0.25, -0.2) is 19.2 Å². The van der Waals surface area contributed by atoms with Crippen LogP contribution in [0, 0.1) is 5.82 Å². The Morgan fingerprint density at radius 1 is 1.37 bits per heavy atom. The van der Waals surface area contributed by atoms with Gasteiger partial charge in [0.25, 0.3) is 0 Å². The van der Waals surface area contributed by atoms with Crippen LogP contribution in [0.1, 0.15) is 11.4 Å². The van der Waals surface area contributed by atoms with Crippen LogP contribution in [0.4, 0.5) is 14.9 Å². The number of hydrogen-bond donors (Lipinski definition) is 5. The maximum atomic E-state index is 13.3. The van der Waals surface area contributed by atoms with Crippen molar-refractivity contribution in [3.63, 3.8) is 0 Å². The van der Waals surface area contributed by atoms with Crippen molar-refractivity contribution in [2.24, 2.45) is 5.16 Å². The van der Waals surface area contributed by atoms with Crippen molar-refractivity contribution in [2.75, 3.05) is 11.9 Å². The van der Waals surface area contributed by atoms with Gasteiger partial charge >= 0.3 is 6.09 Å². The van der Waals surface area contributed by atoms with E-state index in [1.807, 2.05) is 0 Å². The molecule has 9 nitrogen and oxygen atoms in total. The summed E-state index contributed by atoms with van der Waals surface area (Å²) in [4.78, 5) is 22.0. The third-order valence-corrected chi connectivity index (χ3v) is 3.91.